The monoisotopic (exact) mass is 350 g/mol. The molecule has 0 spiro atoms. The minimum Gasteiger partial charge on any atom is -0.462 e. The number of nitrogens with one attached hydrogen (secondary N) is 2. The minimum atomic E-state index is -0.322. The zero-order valence-corrected chi connectivity index (χ0v) is 15.4. The van der Waals surface area contributed by atoms with Crippen LogP contribution in [0.4, 0.5) is 4.79 Å². The highest BCUT2D eigenvalue weighted by molar-refractivity contribution is 5.67. The summed E-state index contributed by atoms with van der Waals surface area (Å²) in [6, 6.07) is 9.71. The number of carbonyl (C=O) groups is 2. The van der Waals surface area contributed by atoms with Crippen LogP contribution in [0.2, 0.25) is 0 Å². The van der Waals surface area contributed by atoms with E-state index in [1.165, 1.54) is 0 Å². The number of ether oxygens (including phenoxy) is 2. The van der Waals surface area contributed by atoms with Gasteiger partial charge in [0.05, 0.1) is 0 Å². The lowest BCUT2D eigenvalue weighted by atomic mass is 9.98. The summed E-state index contributed by atoms with van der Waals surface area (Å²) in [5.41, 5.74) is 0.691. The number of hydrogen-bond acceptors (Lipinski definition) is 5. The van der Waals surface area contributed by atoms with Gasteiger partial charge < -0.3 is 20.1 Å². The third-order valence-corrected chi connectivity index (χ3v) is 3.61. The van der Waals surface area contributed by atoms with E-state index in [9.17, 15) is 9.59 Å². The molecule has 1 aromatic carbocycles. The molecule has 1 saturated heterocycles. The van der Waals surface area contributed by atoms with Crippen LogP contribution in [0.15, 0.2) is 30.3 Å². The van der Waals surface area contributed by atoms with E-state index in [4.69, 9.17) is 4.74 Å². The van der Waals surface area contributed by atoms with E-state index in [2.05, 4.69) is 15.4 Å². The second-order valence-electron chi connectivity index (χ2n) is 6.96. The predicted molar refractivity (Wildman–Crippen MR) is 97.1 cm³/mol. The van der Waals surface area contributed by atoms with E-state index in [0.717, 1.165) is 38.0 Å². The zero-order chi connectivity index (χ0) is 18.5. The molecule has 1 heterocycles. The Morgan fingerprint density at radius 1 is 1.24 bits per heavy atom. The Hall–Kier alpha value is -2.08. The average molecular weight is 350 g/mol. The molecule has 1 amide bonds. The van der Waals surface area contributed by atoms with E-state index in [0.29, 0.717) is 19.0 Å². The van der Waals surface area contributed by atoms with Crippen molar-refractivity contribution in [1.82, 2.24) is 10.6 Å². The van der Waals surface area contributed by atoms with Crippen LogP contribution < -0.4 is 10.6 Å². The van der Waals surface area contributed by atoms with Crippen molar-refractivity contribution < 1.29 is 19.1 Å². The number of hydrogen-bond donors (Lipinski definition) is 2. The lowest BCUT2D eigenvalue weighted by Crippen LogP contribution is -2.36. The van der Waals surface area contributed by atoms with Crippen molar-refractivity contribution in [2.75, 3.05) is 19.6 Å². The predicted octanol–water partition coefficient (Wildman–Crippen LogP) is 2.87. The van der Waals surface area contributed by atoms with Gasteiger partial charge in [0.15, 0.2) is 0 Å². The van der Waals surface area contributed by atoms with Crippen molar-refractivity contribution in [2.45, 2.75) is 45.8 Å². The molecule has 0 aromatic heterocycles. The van der Waals surface area contributed by atoms with Gasteiger partial charge >= 0.3 is 6.09 Å². The molecule has 1 aromatic rings. The highest BCUT2D eigenvalue weighted by Gasteiger charge is 2.14. The lowest BCUT2D eigenvalue weighted by Gasteiger charge is -2.22. The SMILES string of the molecule is CC(C)(C)OC=O.O=C(NCC1CCNCC1)OCc1ccccc1. The van der Waals surface area contributed by atoms with Crippen molar-refractivity contribution in [1.29, 1.82) is 0 Å². The Kier molecular flexibility index (Phi) is 9.62. The van der Waals surface area contributed by atoms with Gasteiger partial charge in [0, 0.05) is 6.54 Å². The van der Waals surface area contributed by atoms with Gasteiger partial charge in [-0.05, 0) is 58.2 Å². The average Bonchev–Trinajstić information content (AvgIpc) is 2.59. The van der Waals surface area contributed by atoms with E-state index in [1.54, 1.807) is 0 Å². The Balaban J connectivity index is 0.000000381. The van der Waals surface area contributed by atoms with Crippen LogP contribution >= 0.6 is 0 Å². The van der Waals surface area contributed by atoms with E-state index < -0.39 is 0 Å². The maximum Gasteiger partial charge on any atom is 0.407 e. The summed E-state index contributed by atoms with van der Waals surface area (Å²) in [6.45, 7) is 9.06. The number of carbonyl (C=O) groups excluding carboxylic acids is 2. The number of rotatable bonds is 5. The fourth-order valence-corrected chi connectivity index (χ4v) is 2.23. The topological polar surface area (TPSA) is 76.7 Å². The Labute approximate surface area is 150 Å². The number of piperidine rings is 1. The van der Waals surface area contributed by atoms with Crippen molar-refractivity contribution in [3.05, 3.63) is 35.9 Å². The Morgan fingerprint density at radius 2 is 1.88 bits per heavy atom. The number of benzene rings is 1. The zero-order valence-electron chi connectivity index (χ0n) is 15.4. The second kappa shape index (κ2) is 11.5. The molecule has 6 heteroatoms. The number of alkyl carbamates (subject to hydrolysis) is 1. The maximum atomic E-state index is 11.5. The summed E-state index contributed by atoms with van der Waals surface area (Å²) < 4.78 is 9.70. The van der Waals surface area contributed by atoms with Crippen LogP contribution in [-0.4, -0.2) is 37.8 Å². The molecule has 1 fully saturated rings. The van der Waals surface area contributed by atoms with Crippen LogP contribution in [0.1, 0.15) is 39.2 Å². The summed E-state index contributed by atoms with van der Waals surface area (Å²) >= 11 is 0. The molecule has 25 heavy (non-hydrogen) atoms. The van der Waals surface area contributed by atoms with E-state index >= 15 is 0 Å². The van der Waals surface area contributed by atoms with Gasteiger partial charge in [-0.2, -0.15) is 0 Å². The smallest absolute Gasteiger partial charge is 0.407 e. The molecule has 0 aliphatic carbocycles. The van der Waals surface area contributed by atoms with Gasteiger partial charge in [0.2, 0.25) is 0 Å². The summed E-state index contributed by atoms with van der Waals surface area (Å²) in [7, 11) is 0. The van der Waals surface area contributed by atoms with Gasteiger partial charge in [-0.1, -0.05) is 30.3 Å². The first-order chi connectivity index (χ1) is 11.9. The molecule has 1 aliphatic rings. The third kappa shape index (κ3) is 11.2. The minimum absolute atomic E-state index is 0.318. The molecule has 0 saturated carbocycles. The highest BCUT2D eigenvalue weighted by Crippen LogP contribution is 2.10. The van der Waals surface area contributed by atoms with Gasteiger partial charge in [0.1, 0.15) is 12.2 Å². The molecular formula is C19H30N2O4. The second-order valence-corrected chi connectivity index (χ2v) is 6.96. The van der Waals surface area contributed by atoms with Gasteiger partial charge in [-0.3, -0.25) is 4.79 Å². The van der Waals surface area contributed by atoms with E-state index in [1.807, 2.05) is 51.1 Å². The summed E-state index contributed by atoms with van der Waals surface area (Å²) in [4.78, 5) is 21.1. The van der Waals surface area contributed by atoms with Crippen molar-refractivity contribution in [3.8, 4) is 0 Å². The third-order valence-electron chi connectivity index (χ3n) is 3.61. The Morgan fingerprint density at radius 3 is 2.40 bits per heavy atom. The molecule has 0 unspecified atom stereocenters. The Bertz CT molecular complexity index is 494. The first-order valence-electron chi connectivity index (χ1n) is 8.67. The standard InChI is InChI=1S/C14H20N2O2.C5H10O2/c17-14(16-10-12-6-8-15-9-7-12)18-11-13-4-2-1-3-5-13;1-5(2,3)7-4-6/h1-5,12,15H,6-11H2,(H,16,17);4H,1-3H3. The molecule has 0 atom stereocenters. The largest absolute Gasteiger partial charge is 0.462 e. The fraction of sp³-hybridized carbons (Fsp3) is 0.579. The summed E-state index contributed by atoms with van der Waals surface area (Å²) in [5.74, 6) is 0.579. The first-order valence-corrected chi connectivity index (χ1v) is 8.67. The van der Waals surface area contributed by atoms with Crippen molar-refractivity contribution in [2.24, 2.45) is 5.92 Å². The molecule has 2 rings (SSSR count). The molecule has 1 aliphatic heterocycles. The summed E-state index contributed by atoms with van der Waals surface area (Å²) in [5, 5.41) is 6.14. The fourth-order valence-electron chi connectivity index (χ4n) is 2.23. The molecule has 0 radical (unpaired) electrons. The highest BCUT2D eigenvalue weighted by atomic mass is 16.5. The van der Waals surface area contributed by atoms with Gasteiger partial charge in [-0.25, -0.2) is 4.79 Å². The summed E-state index contributed by atoms with van der Waals surface area (Å²) in [6.07, 6.45) is 1.93. The van der Waals surface area contributed by atoms with E-state index in [-0.39, 0.29) is 11.7 Å². The van der Waals surface area contributed by atoms with Crippen LogP contribution in [0.3, 0.4) is 0 Å². The molecule has 140 valence electrons. The normalized spacial score (nSPS) is 14.7. The van der Waals surface area contributed by atoms with Gasteiger partial charge in [-0.15, -0.1) is 0 Å². The molecule has 6 nitrogen and oxygen atoms in total. The maximum absolute atomic E-state index is 11.5. The molecule has 2 N–H and O–H groups in total. The van der Waals surface area contributed by atoms with Crippen LogP contribution in [0.5, 0.6) is 0 Å². The lowest BCUT2D eigenvalue weighted by molar-refractivity contribution is -0.138. The molecular weight excluding hydrogens is 320 g/mol. The quantitative estimate of drug-likeness (QED) is 0.799. The van der Waals surface area contributed by atoms with Crippen LogP contribution in [0, 0.1) is 5.92 Å². The molecule has 0 bridgehead atoms. The van der Waals surface area contributed by atoms with Crippen LogP contribution in [-0.2, 0) is 20.9 Å². The van der Waals surface area contributed by atoms with Crippen LogP contribution in [0.25, 0.3) is 0 Å². The first kappa shape index (κ1) is 21.0. The van der Waals surface area contributed by atoms with Crippen molar-refractivity contribution in [3.63, 3.8) is 0 Å². The van der Waals surface area contributed by atoms with Gasteiger partial charge in [0.25, 0.3) is 6.47 Å². The van der Waals surface area contributed by atoms with Crippen molar-refractivity contribution >= 4 is 12.6 Å². The number of amides is 1.